The van der Waals surface area contributed by atoms with E-state index in [1.54, 1.807) is 0 Å². The number of ether oxygens (including phenoxy) is 6. The number of aromatic nitrogens is 1. The molecule has 0 radical (unpaired) electrons. The van der Waals surface area contributed by atoms with Gasteiger partial charge in [0.1, 0.15) is 12.7 Å². The fourth-order valence-electron chi connectivity index (χ4n) is 5.04. The van der Waals surface area contributed by atoms with Crippen molar-refractivity contribution in [1.29, 1.82) is 0 Å². The van der Waals surface area contributed by atoms with Crippen LogP contribution in [0, 0.1) is 0 Å². The van der Waals surface area contributed by atoms with Crippen LogP contribution in [0.25, 0.3) is 10.9 Å². The summed E-state index contributed by atoms with van der Waals surface area (Å²) < 4.78 is 35.3. The molecule has 2 aromatic rings. The van der Waals surface area contributed by atoms with E-state index in [-0.39, 0.29) is 38.9 Å². The topological polar surface area (TPSA) is 139 Å². The van der Waals surface area contributed by atoms with Crippen molar-refractivity contribution < 1.29 is 47.6 Å². The summed E-state index contributed by atoms with van der Waals surface area (Å²) in [5, 5.41) is 1.13. The van der Waals surface area contributed by atoms with E-state index < -0.39 is 54.6 Å². The van der Waals surface area contributed by atoms with Crippen molar-refractivity contribution in [2.45, 2.75) is 123 Å². The van der Waals surface area contributed by atoms with Crippen LogP contribution in [0.5, 0.6) is 0 Å². The highest BCUT2D eigenvalue weighted by molar-refractivity contribution is 5.83. The largest absolute Gasteiger partial charge is 0.463 e. The van der Waals surface area contributed by atoms with Gasteiger partial charge in [0, 0.05) is 42.8 Å². The van der Waals surface area contributed by atoms with Gasteiger partial charge < -0.3 is 33.4 Å². The SMILES string of the molecule is CCCC(=O)OC[C@H]1O[C@@H](OCCCc2c[nH]c3ccccc23)[C@H](OC(=O)CCC)[C@@H](OC(=O)CCC)[C@@H]1OC(=O)CCC. The molecule has 2 heterocycles. The number of carbonyl (C=O) groups excluding carboxylic acids is 4. The molecule has 0 spiro atoms. The highest BCUT2D eigenvalue weighted by Crippen LogP contribution is 2.31. The van der Waals surface area contributed by atoms with Gasteiger partial charge in [-0.15, -0.1) is 0 Å². The van der Waals surface area contributed by atoms with E-state index in [0.717, 1.165) is 16.5 Å². The number of hydrogen-bond donors (Lipinski definition) is 1. The first-order valence-electron chi connectivity index (χ1n) is 15.9. The maximum absolute atomic E-state index is 12.8. The van der Waals surface area contributed by atoms with E-state index in [0.29, 0.717) is 38.5 Å². The van der Waals surface area contributed by atoms with Crippen molar-refractivity contribution in [2.75, 3.05) is 13.2 Å². The number of para-hydroxylation sites is 1. The molecule has 5 atom stereocenters. The average Bonchev–Trinajstić information content (AvgIpc) is 3.40. The van der Waals surface area contributed by atoms with E-state index in [2.05, 4.69) is 11.1 Å². The molecule has 11 nitrogen and oxygen atoms in total. The number of H-pyrrole nitrogens is 1. The zero-order valence-corrected chi connectivity index (χ0v) is 26.3. The molecule has 0 amide bonds. The molecule has 1 aromatic heterocycles. The van der Waals surface area contributed by atoms with Crippen LogP contribution >= 0.6 is 0 Å². The summed E-state index contributed by atoms with van der Waals surface area (Å²) in [5.41, 5.74) is 2.18. The number of rotatable bonds is 18. The van der Waals surface area contributed by atoms with Crippen molar-refractivity contribution in [3.05, 3.63) is 36.0 Å². The third kappa shape index (κ3) is 10.3. The first-order chi connectivity index (χ1) is 21.3. The Morgan fingerprint density at radius 3 is 1.95 bits per heavy atom. The van der Waals surface area contributed by atoms with Crippen molar-refractivity contribution in [3.8, 4) is 0 Å². The highest BCUT2D eigenvalue weighted by atomic mass is 16.7. The zero-order chi connectivity index (χ0) is 31.9. The van der Waals surface area contributed by atoms with E-state index >= 15 is 0 Å². The van der Waals surface area contributed by atoms with E-state index in [9.17, 15) is 19.2 Å². The van der Waals surface area contributed by atoms with Gasteiger partial charge in [-0.25, -0.2) is 0 Å². The van der Waals surface area contributed by atoms with Gasteiger partial charge in [0.25, 0.3) is 0 Å². The maximum atomic E-state index is 12.8. The standard InChI is InChI=1S/C33H47NO10/c1-5-12-26(35)40-21-25-30(42-27(36)13-6-2)31(43-28(37)14-7-3)32(44-29(38)15-8-4)33(41-25)39-19-11-16-22-20-34-24-18-10-9-17-23(22)24/h9-10,17-18,20,25,30-34H,5-8,11-16,19,21H2,1-4H3/t25-,30-,31+,32-,33-/m1/s1. The molecule has 0 bridgehead atoms. The minimum atomic E-state index is -1.24. The third-order valence-corrected chi connectivity index (χ3v) is 7.17. The predicted molar refractivity (Wildman–Crippen MR) is 161 cm³/mol. The number of esters is 4. The summed E-state index contributed by atoms with van der Waals surface area (Å²) in [6.45, 7) is 7.31. The number of fused-ring (bicyclic) bond motifs is 1. The van der Waals surface area contributed by atoms with Crippen LogP contribution in [0.1, 0.15) is 91.0 Å². The van der Waals surface area contributed by atoms with Crippen LogP contribution in [0.3, 0.4) is 0 Å². The lowest BCUT2D eigenvalue weighted by atomic mass is 9.97. The van der Waals surface area contributed by atoms with Gasteiger partial charge in [-0.2, -0.15) is 0 Å². The third-order valence-electron chi connectivity index (χ3n) is 7.17. The number of nitrogens with one attached hydrogen (secondary N) is 1. The Morgan fingerprint density at radius 2 is 1.32 bits per heavy atom. The number of aromatic amines is 1. The molecule has 3 rings (SSSR count). The van der Waals surface area contributed by atoms with Crippen LogP contribution in [0.2, 0.25) is 0 Å². The van der Waals surface area contributed by atoms with Gasteiger partial charge in [-0.1, -0.05) is 45.9 Å². The maximum Gasteiger partial charge on any atom is 0.306 e. The van der Waals surface area contributed by atoms with Crippen molar-refractivity contribution >= 4 is 34.8 Å². The summed E-state index contributed by atoms with van der Waals surface area (Å²) in [7, 11) is 0. The molecule has 1 N–H and O–H groups in total. The molecule has 0 saturated carbocycles. The zero-order valence-electron chi connectivity index (χ0n) is 26.3. The summed E-state index contributed by atoms with van der Waals surface area (Å²) >= 11 is 0. The van der Waals surface area contributed by atoms with Crippen molar-refractivity contribution in [3.63, 3.8) is 0 Å². The van der Waals surface area contributed by atoms with Crippen LogP contribution in [0.4, 0.5) is 0 Å². The van der Waals surface area contributed by atoms with Gasteiger partial charge >= 0.3 is 23.9 Å². The molecule has 11 heteroatoms. The Kier molecular flexibility index (Phi) is 14.6. The van der Waals surface area contributed by atoms with E-state index in [1.807, 2.05) is 52.1 Å². The second-order valence-corrected chi connectivity index (χ2v) is 10.9. The van der Waals surface area contributed by atoms with Crippen LogP contribution in [0.15, 0.2) is 30.5 Å². The summed E-state index contributed by atoms with van der Waals surface area (Å²) in [6, 6.07) is 8.02. The van der Waals surface area contributed by atoms with Crippen LogP contribution in [-0.4, -0.2) is 72.8 Å². The molecular weight excluding hydrogens is 570 g/mol. The predicted octanol–water partition coefficient (Wildman–Crippen LogP) is 5.32. The van der Waals surface area contributed by atoms with Crippen molar-refractivity contribution in [1.82, 2.24) is 4.98 Å². The summed E-state index contributed by atoms with van der Waals surface area (Å²) in [6.07, 6.45) is 0.154. The second kappa shape index (κ2) is 18.4. The minimum Gasteiger partial charge on any atom is -0.463 e. The van der Waals surface area contributed by atoms with Gasteiger partial charge in [0.2, 0.25) is 0 Å². The minimum absolute atomic E-state index is 0.106. The van der Waals surface area contributed by atoms with E-state index in [4.69, 9.17) is 28.4 Å². The molecule has 1 aromatic carbocycles. The average molecular weight is 618 g/mol. The Morgan fingerprint density at radius 1 is 0.750 bits per heavy atom. The fraction of sp³-hybridized carbons (Fsp3) is 0.636. The second-order valence-electron chi connectivity index (χ2n) is 10.9. The molecule has 1 aliphatic rings. The van der Waals surface area contributed by atoms with Gasteiger partial charge in [-0.3, -0.25) is 19.2 Å². The van der Waals surface area contributed by atoms with Gasteiger partial charge in [0.15, 0.2) is 24.6 Å². The Balaban J connectivity index is 1.87. The molecule has 1 aliphatic heterocycles. The Hall–Kier alpha value is -3.44. The summed E-state index contributed by atoms with van der Waals surface area (Å²) in [4.78, 5) is 53.8. The van der Waals surface area contributed by atoms with E-state index in [1.165, 1.54) is 0 Å². The number of hydrogen-bond acceptors (Lipinski definition) is 10. The summed E-state index contributed by atoms with van der Waals surface area (Å²) in [5.74, 6) is -2.06. The monoisotopic (exact) mass is 617 g/mol. The molecule has 1 fully saturated rings. The first-order valence-corrected chi connectivity index (χ1v) is 15.9. The molecule has 244 valence electrons. The highest BCUT2D eigenvalue weighted by Gasteiger charge is 2.53. The molecule has 0 aliphatic carbocycles. The van der Waals surface area contributed by atoms with Crippen molar-refractivity contribution in [2.24, 2.45) is 0 Å². The number of aryl methyl sites for hydroxylation is 1. The Labute approximate surface area is 259 Å². The Bertz CT molecular complexity index is 1210. The molecule has 44 heavy (non-hydrogen) atoms. The smallest absolute Gasteiger partial charge is 0.306 e. The van der Waals surface area contributed by atoms with Crippen LogP contribution < -0.4 is 0 Å². The molecule has 1 saturated heterocycles. The van der Waals surface area contributed by atoms with Gasteiger partial charge in [-0.05, 0) is 50.2 Å². The van der Waals surface area contributed by atoms with Crippen LogP contribution in [-0.2, 0) is 54.0 Å². The lowest BCUT2D eigenvalue weighted by Crippen LogP contribution is -2.63. The normalized spacial score (nSPS) is 21.5. The van der Waals surface area contributed by atoms with Gasteiger partial charge in [0.05, 0.1) is 6.61 Å². The first kappa shape index (κ1) is 35.0. The lowest BCUT2D eigenvalue weighted by Gasteiger charge is -2.44. The molecular formula is C33H47NO10. The number of carbonyl (C=O) groups is 4. The molecule has 0 unspecified atom stereocenters. The fourth-order valence-corrected chi connectivity index (χ4v) is 5.04. The number of benzene rings is 1. The quantitative estimate of drug-likeness (QED) is 0.133. The lowest BCUT2D eigenvalue weighted by molar-refractivity contribution is -0.309.